The van der Waals surface area contributed by atoms with Gasteiger partial charge in [0.05, 0.1) is 41.5 Å². The van der Waals surface area contributed by atoms with Crippen LogP contribution in [0.5, 0.6) is 0 Å². The fourth-order valence-electron chi connectivity index (χ4n) is 6.53. The molecule has 4 rings (SSSR count). The van der Waals surface area contributed by atoms with Crippen LogP contribution in [0.25, 0.3) is 0 Å². The van der Waals surface area contributed by atoms with Crippen LogP contribution < -0.4 is 5.32 Å². The van der Waals surface area contributed by atoms with Crippen LogP contribution in [0.2, 0.25) is 5.02 Å². The number of nitrogens with one attached hydrogen (secondary N) is 1. The number of hydrogen-bond acceptors (Lipinski definition) is 6. The van der Waals surface area contributed by atoms with Crippen molar-refractivity contribution in [2.24, 2.45) is 23.7 Å². The van der Waals surface area contributed by atoms with E-state index in [2.05, 4.69) is 5.32 Å². The average molecular weight is 507 g/mol. The molecule has 3 saturated heterocycles. The lowest BCUT2D eigenvalue weighted by Gasteiger charge is -2.38. The van der Waals surface area contributed by atoms with Crippen molar-refractivity contribution in [2.75, 3.05) is 18.5 Å². The Morgan fingerprint density at radius 3 is 2.63 bits per heavy atom. The van der Waals surface area contributed by atoms with Crippen LogP contribution in [0.15, 0.2) is 18.2 Å². The minimum atomic E-state index is -1.22. The number of benzene rings is 1. The van der Waals surface area contributed by atoms with Crippen LogP contribution in [0.3, 0.4) is 0 Å². The van der Waals surface area contributed by atoms with Gasteiger partial charge in [0, 0.05) is 0 Å². The zero-order valence-corrected chi connectivity index (χ0v) is 21.9. The summed E-state index contributed by atoms with van der Waals surface area (Å²) < 4.78 is 12.0. The van der Waals surface area contributed by atoms with E-state index in [-0.39, 0.29) is 31.0 Å². The molecule has 2 bridgehead atoms. The Kier molecular flexibility index (Phi) is 6.70. The highest BCUT2D eigenvalue weighted by Gasteiger charge is 2.80. The van der Waals surface area contributed by atoms with Gasteiger partial charge in [0.25, 0.3) is 0 Å². The minimum Gasteiger partial charge on any atom is -0.466 e. The van der Waals surface area contributed by atoms with Gasteiger partial charge in [-0.25, -0.2) is 0 Å². The largest absolute Gasteiger partial charge is 0.466 e. The van der Waals surface area contributed by atoms with Crippen molar-refractivity contribution in [3.63, 3.8) is 0 Å². The molecule has 1 aromatic rings. The van der Waals surface area contributed by atoms with Crippen LogP contribution >= 0.6 is 11.6 Å². The molecule has 192 valence electrons. The molecule has 7 atom stereocenters. The number of rotatable bonds is 7. The summed E-state index contributed by atoms with van der Waals surface area (Å²) in [5, 5.41) is 13.6. The lowest BCUT2D eigenvalue weighted by molar-refractivity contribution is -0.162. The minimum absolute atomic E-state index is 0.0927. The maximum absolute atomic E-state index is 14.1. The highest BCUT2D eigenvalue weighted by atomic mass is 35.5. The molecule has 0 aromatic heterocycles. The lowest BCUT2D eigenvalue weighted by atomic mass is 9.62. The number of fused-ring (bicyclic) bond motifs is 1. The summed E-state index contributed by atoms with van der Waals surface area (Å²) >= 11 is 6.39. The van der Waals surface area contributed by atoms with E-state index in [9.17, 15) is 19.5 Å². The average Bonchev–Trinajstić information content (AvgIpc) is 3.29. The first kappa shape index (κ1) is 25.9. The van der Waals surface area contributed by atoms with Crippen molar-refractivity contribution < 1.29 is 29.0 Å². The highest BCUT2D eigenvalue weighted by molar-refractivity contribution is 6.34. The van der Waals surface area contributed by atoms with Gasteiger partial charge < -0.3 is 24.8 Å². The molecule has 3 unspecified atom stereocenters. The summed E-state index contributed by atoms with van der Waals surface area (Å²) in [6.07, 6.45) is 0.433. The smallest absolute Gasteiger partial charge is 0.312 e. The van der Waals surface area contributed by atoms with Crippen molar-refractivity contribution in [1.29, 1.82) is 0 Å². The number of para-hydroxylation sites is 1. The van der Waals surface area contributed by atoms with Gasteiger partial charge in [0.1, 0.15) is 17.6 Å². The predicted molar refractivity (Wildman–Crippen MR) is 131 cm³/mol. The second-order valence-electron chi connectivity index (χ2n) is 10.6. The van der Waals surface area contributed by atoms with E-state index in [1.807, 2.05) is 40.7 Å². The second-order valence-corrected chi connectivity index (χ2v) is 11.0. The summed E-state index contributed by atoms with van der Waals surface area (Å²) in [5.41, 5.74) is -0.918. The molecule has 0 radical (unpaired) electrons. The third-order valence-electron chi connectivity index (χ3n) is 8.33. The quantitative estimate of drug-likeness (QED) is 0.550. The molecule has 3 aliphatic rings. The van der Waals surface area contributed by atoms with Crippen molar-refractivity contribution in [2.45, 2.75) is 71.2 Å². The van der Waals surface area contributed by atoms with Crippen LogP contribution in [0, 0.1) is 30.6 Å². The zero-order valence-electron chi connectivity index (χ0n) is 21.1. The number of likely N-dealkylation sites (tertiary alicyclic amines) is 1. The number of anilines is 1. The van der Waals surface area contributed by atoms with Gasteiger partial charge in [-0.1, -0.05) is 44.5 Å². The van der Waals surface area contributed by atoms with Crippen LogP contribution in [-0.4, -0.2) is 64.3 Å². The molecule has 1 aromatic carbocycles. The normalized spacial score (nSPS) is 34.3. The fourth-order valence-corrected chi connectivity index (χ4v) is 6.79. The number of aryl methyl sites for hydroxylation is 1. The lowest BCUT2D eigenvalue weighted by Crippen LogP contribution is -2.57. The van der Waals surface area contributed by atoms with Crippen molar-refractivity contribution in [3.05, 3.63) is 28.8 Å². The van der Waals surface area contributed by atoms with Gasteiger partial charge in [0.15, 0.2) is 0 Å². The van der Waals surface area contributed by atoms with Crippen molar-refractivity contribution in [1.82, 2.24) is 4.90 Å². The molecule has 2 N–H and O–H groups in total. The van der Waals surface area contributed by atoms with Gasteiger partial charge in [0.2, 0.25) is 11.8 Å². The Hall–Kier alpha value is -2.16. The predicted octanol–water partition coefficient (Wildman–Crippen LogP) is 3.18. The van der Waals surface area contributed by atoms with Gasteiger partial charge in [-0.15, -0.1) is 0 Å². The second kappa shape index (κ2) is 9.05. The number of halogens is 1. The van der Waals surface area contributed by atoms with E-state index in [1.165, 1.54) is 4.90 Å². The van der Waals surface area contributed by atoms with E-state index < -0.39 is 47.0 Å². The Labute approximate surface area is 211 Å². The molecule has 0 saturated carbocycles. The molecular formula is C26H35ClN2O6. The number of nitrogens with zero attached hydrogens (tertiary/aromatic N) is 1. The summed E-state index contributed by atoms with van der Waals surface area (Å²) in [4.78, 5) is 42.7. The van der Waals surface area contributed by atoms with E-state index in [0.29, 0.717) is 17.1 Å². The first-order valence-electron chi connectivity index (χ1n) is 12.3. The molecular weight excluding hydrogens is 472 g/mol. The van der Waals surface area contributed by atoms with E-state index in [1.54, 1.807) is 19.1 Å². The topological polar surface area (TPSA) is 105 Å². The van der Waals surface area contributed by atoms with Crippen molar-refractivity contribution >= 4 is 35.1 Å². The number of aliphatic hydroxyl groups excluding tert-OH is 1. The first-order chi connectivity index (χ1) is 16.4. The standard InChI is InChI=1S/C26H35ClN2O6/c1-7-34-24(33)19-18-23(32)29(17(12-30)13(2)3)21(26(18)11-15(5)25(19,6)35-26)22(31)28-20-14(4)9-8-10-16(20)27/h8-10,13,15,17-19,21,30H,7,11-12H2,1-6H3,(H,28,31)/t15?,17-,18-,19-,21?,25+,26?/m0/s1. The molecule has 3 aliphatic heterocycles. The molecule has 0 aliphatic carbocycles. The Bertz CT molecular complexity index is 1030. The molecule has 3 fully saturated rings. The number of carbonyl (C=O) groups excluding carboxylic acids is 3. The number of amides is 2. The van der Waals surface area contributed by atoms with Crippen LogP contribution in [-0.2, 0) is 23.9 Å². The Morgan fingerprint density at radius 1 is 1.37 bits per heavy atom. The highest BCUT2D eigenvalue weighted by Crippen LogP contribution is 2.65. The monoisotopic (exact) mass is 506 g/mol. The van der Waals surface area contributed by atoms with Gasteiger partial charge in [-0.2, -0.15) is 0 Å². The molecule has 9 heteroatoms. The third kappa shape index (κ3) is 3.67. The SMILES string of the molecule is CCOC(=O)[C@@H]1[C@H]2C(=O)N([C@@H](CO)C(C)C)C(C(=O)Nc3c(C)cccc3Cl)C23CC(C)[C@@]1(C)O3. The number of carbonyl (C=O) groups is 3. The summed E-state index contributed by atoms with van der Waals surface area (Å²) in [6.45, 7) is 11.0. The Balaban J connectivity index is 1.85. The van der Waals surface area contributed by atoms with Crippen LogP contribution in [0.4, 0.5) is 5.69 Å². The van der Waals surface area contributed by atoms with Crippen LogP contribution in [0.1, 0.15) is 46.6 Å². The van der Waals surface area contributed by atoms with E-state index in [4.69, 9.17) is 21.1 Å². The Morgan fingerprint density at radius 2 is 2.06 bits per heavy atom. The van der Waals surface area contributed by atoms with Gasteiger partial charge >= 0.3 is 5.97 Å². The summed E-state index contributed by atoms with van der Waals surface area (Å²) in [7, 11) is 0. The van der Waals surface area contributed by atoms with Crippen molar-refractivity contribution in [3.8, 4) is 0 Å². The molecule has 2 amide bonds. The number of ether oxygens (including phenoxy) is 2. The zero-order chi connectivity index (χ0) is 25.9. The molecule has 8 nitrogen and oxygen atoms in total. The maximum atomic E-state index is 14.1. The van der Waals surface area contributed by atoms with E-state index >= 15 is 0 Å². The molecule has 3 heterocycles. The van der Waals surface area contributed by atoms with E-state index in [0.717, 1.165) is 5.56 Å². The maximum Gasteiger partial charge on any atom is 0.312 e. The molecule has 35 heavy (non-hydrogen) atoms. The number of aliphatic hydroxyl groups is 1. The fraction of sp³-hybridized carbons (Fsp3) is 0.654. The summed E-state index contributed by atoms with van der Waals surface area (Å²) in [5.74, 6) is -3.24. The number of esters is 1. The van der Waals surface area contributed by atoms with Gasteiger partial charge in [-0.05, 0) is 50.7 Å². The number of hydrogen-bond donors (Lipinski definition) is 2. The third-order valence-corrected chi connectivity index (χ3v) is 8.64. The molecule has 1 spiro atoms. The van der Waals surface area contributed by atoms with Gasteiger partial charge in [-0.3, -0.25) is 14.4 Å². The first-order valence-corrected chi connectivity index (χ1v) is 12.7. The summed E-state index contributed by atoms with van der Waals surface area (Å²) in [6, 6.07) is 3.65.